The fourth-order valence-corrected chi connectivity index (χ4v) is 5.78. The van der Waals surface area contributed by atoms with Gasteiger partial charge >= 0.3 is 6.09 Å². The van der Waals surface area contributed by atoms with E-state index in [0.717, 1.165) is 12.8 Å². The fraction of sp³-hybridized carbons (Fsp3) is 0.741. The number of likely N-dealkylation sites (tertiary alicyclic amines) is 1. The minimum absolute atomic E-state index is 0.0737. The standard InChI is InChI=1S/C27H43FN2O5/c1-34-16-6-5-14-27(33,23-12-7-13-24(31)25(23)28)21-11-8-15-30(18-21)26(32)35-19-22(29)17-20-9-3-2-4-10-20/h7,12-13,20-22,31,33H,2-6,8-11,14-19,29H2,1H3/t21-,22+,27?/m1/s1. The Balaban J connectivity index is 1.63. The molecule has 8 heteroatoms. The van der Waals surface area contributed by atoms with E-state index in [1.54, 1.807) is 12.0 Å². The maximum atomic E-state index is 14.9. The Bertz CT molecular complexity index is 804. The first-order valence-electron chi connectivity index (χ1n) is 13.2. The summed E-state index contributed by atoms with van der Waals surface area (Å²) in [7, 11) is 1.62. The van der Waals surface area contributed by atoms with Crippen molar-refractivity contribution in [1.29, 1.82) is 0 Å². The number of hydrogen-bond donors (Lipinski definition) is 3. The van der Waals surface area contributed by atoms with Crippen LogP contribution in [0.15, 0.2) is 18.2 Å². The molecule has 7 nitrogen and oxygen atoms in total. The predicted octanol–water partition coefficient (Wildman–Crippen LogP) is 4.68. The number of hydrogen-bond acceptors (Lipinski definition) is 6. The largest absolute Gasteiger partial charge is 0.505 e. The molecule has 1 aromatic carbocycles. The average Bonchev–Trinajstić information content (AvgIpc) is 2.87. The molecule has 0 bridgehead atoms. The van der Waals surface area contributed by atoms with Crippen LogP contribution in [0, 0.1) is 17.7 Å². The van der Waals surface area contributed by atoms with Crippen molar-refractivity contribution in [3.05, 3.63) is 29.6 Å². The van der Waals surface area contributed by atoms with Gasteiger partial charge in [-0.25, -0.2) is 9.18 Å². The van der Waals surface area contributed by atoms with Crippen LogP contribution in [0.2, 0.25) is 0 Å². The Hall–Kier alpha value is -1.90. The zero-order valence-corrected chi connectivity index (χ0v) is 21.1. The van der Waals surface area contributed by atoms with Gasteiger partial charge in [0, 0.05) is 44.3 Å². The molecule has 0 aromatic heterocycles. The number of carbonyl (C=O) groups excluding carboxylic acids is 1. The molecule has 4 N–H and O–H groups in total. The number of amides is 1. The summed E-state index contributed by atoms with van der Waals surface area (Å²) in [6.45, 7) is 1.50. The van der Waals surface area contributed by atoms with E-state index in [4.69, 9.17) is 15.2 Å². The molecule has 1 saturated carbocycles. The van der Waals surface area contributed by atoms with Crippen molar-refractivity contribution >= 4 is 6.09 Å². The molecule has 198 valence electrons. The van der Waals surface area contributed by atoms with Crippen LogP contribution in [0.3, 0.4) is 0 Å². The van der Waals surface area contributed by atoms with E-state index in [1.807, 2.05) is 0 Å². The van der Waals surface area contributed by atoms with Crippen molar-refractivity contribution in [2.75, 3.05) is 33.4 Å². The molecule has 2 fully saturated rings. The average molecular weight is 495 g/mol. The number of nitrogens with two attached hydrogens (primary N) is 1. The maximum Gasteiger partial charge on any atom is 0.409 e. The lowest BCUT2D eigenvalue weighted by Gasteiger charge is -2.42. The number of ether oxygens (including phenoxy) is 2. The first-order chi connectivity index (χ1) is 16.8. The summed E-state index contributed by atoms with van der Waals surface area (Å²) in [5.41, 5.74) is 4.81. The molecule has 35 heavy (non-hydrogen) atoms. The van der Waals surface area contributed by atoms with Gasteiger partial charge in [-0.3, -0.25) is 0 Å². The predicted molar refractivity (Wildman–Crippen MR) is 133 cm³/mol. The summed E-state index contributed by atoms with van der Waals surface area (Å²) < 4.78 is 25.6. The smallest absolute Gasteiger partial charge is 0.409 e. The lowest BCUT2D eigenvalue weighted by Crippen LogP contribution is -2.49. The second-order valence-corrected chi connectivity index (χ2v) is 10.4. The van der Waals surface area contributed by atoms with Crippen molar-refractivity contribution in [1.82, 2.24) is 4.90 Å². The first kappa shape index (κ1) is 27.7. The van der Waals surface area contributed by atoms with Gasteiger partial charge in [-0.1, -0.05) is 44.2 Å². The van der Waals surface area contributed by atoms with Gasteiger partial charge in [0.15, 0.2) is 11.6 Å². The number of halogens is 1. The van der Waals surface area contributed by atoms with E-state index < -0.39 is 29.2 Å². The zero-order chi connectivity index (χ0) is 25.3. The molecule has 3 atom stereocenters. The number of unbranched alkanes of at least 4 members (excludes halogenated alkanes) is 1. The van der Waals surface area contributed by atoms with Crippen molar-refractivity contribution in [3.8, 4) is 5.75 Å². The molecule has 1 aliphatic heterocycles. The number of piperidine rings is 1. The molecule has 1 aliphatic carbocycles. The lowest BCUT2D eigenvalue weighted by atomic mass is 9.74. The molecule has 1 unspecified atom stereocenters. The van der Waals surface area contributed by atoms with Crippen LogP contribution in [-0.2, 0) is 15.1 Å². The molecule has 3 rings (SSSR count). The monoisotopic (exact) mass is 494 g/mol. The van der Waals surface area contributed by atoms with Crippen LogP contribution >= 0.6 is 0 Å². The highest BCUT2D eigenvalue weighted by Gasteiger charge is 2.43. The summed E-state index contributed by atoms with van der Waals surface area (Å²) in [5.74, 6) is -1.08. The van der Waals surface area contributed by atoms with Gasteiger partial charge in [0.05, 0.1) is 5.60 Å². The van der Waals surface area contributed by atoms with Crippen LogP contribution in [0.25, 0.3) is 0 Å². The summed E-state index contributed by atoms with van der Waals surface area (Å²) in [5, 5.41) is 21.8. The third-order valence-electron chi connectivity index (χ3n) is 7.74. The summed E-state index contributed by atoms with van der Waals surface area (Å²) in [6, 6.07) is 4.15. The van der Waals surface area contributed by atoms with Gasteiger partial charge < -0.3 is 30.3 Å². The number of nitrogens with zero attached hydrogens (tertiary/aromatic N) is 1. The van der Waals surface area contributed by atoms with Crippen LogP contribution in [0.5, 0.6) is 5.75 Å². The topological polar surface area (TPSA) is 105 Å². The number of phenolic OH excluding ortho intramolecular Hbond substituents is 1. The normalized spacial score (nSPS) is 21.9. The summed E-state index contributed by atoms with van der Waals surface area (Å²) in [4.78, 5) is 14.5. The Kier molecular flexibility index (Phi) is 10.6. The van der Waals surface area contributed by atoms with Crippen molar-refractivity contribution in [2.24, 2.45) is 17.6 Å². The third-order valence-corrected chi connectivity index (χ3v) is 7.74. The van der Waals surface area contributed by atoms with Gasteiger partial charge in [-0.15, -0.1) is 0 Å². The molecule has 0 radical (unpaired) electrons. The van der Waals surface area contributed by atoms with Gasteiger partial charge in [0.25, 0.3) is 0 Å². The summed E-state index contributed by atoms with van der Waals surface area (Å²) >= 11 is 0. The minimum atomic E-state index is -1.52. The van der Waals surface area contributed by atoms with E-state index in [0.29, 0.717) is 44.8 Å². The fourth-order valence-electron chi connectivity index (χ4n) is 5.78. The van der Waals surface area contributed by atoms with Crippen molar-refractivity contribution in [3.63, 3.8) is 0 Å². The number of aliphatic hydroxyl groups is 1. The van der Waals surface area contributed by atoms with E-state index in [1.165, 1.54) is 50.3 Å². The number of aromatic hydroxyl groups is 1. The number of phenols is 1. The first-order valence-corrected chi connectivity index (χ1v) is 13.2. The molecular weight excluding hydrogens is 451 g/mol. The highest BCUT2D eigenvalue weighted by Crippen LogP contribution is 2.42. The number of carbonyl (C=O) groups is 1. The molecule has 1 heterocycles. The molecule has 0 spiro atoms. The van der Waals surface area contributed by atoms with Crippen LogP contribution in [0.1, 0.15) is 76.2 Å². The van der Waals surface area contributed by atoms with E-state index in [9.17, 15) is 19.4 Å². The quantitative estimate of drug-likeness (QED) is 0.386. The number of methoxy groups -OCH3 is 1. The van der Waals surface area contributed by atoms with E-state index >= 15 is 0 Å². The SMILES string of the molecule is COCCCCC(O)(c1cccc(O)c1F)[C@@H]1CCCN(C(=O)OC[C@@H](N)CC2CCCCC2)C1. The van der Waals surface area contributed by atoms with Crippen LogP contribution in [-0.4, -0.2) is 60.7 Å². The molecule has 2 aliphatic rings. The molecule has 1 aromatic rings. The highest BCUT2D eigenvalue weighted by atomic mass is 19.1. The Morgan fingerprint density at radius 1 is 1.23 bits per heavy atom. The van der Waals surface area contributed by atoms with Gasteiger partial charge in [0.2, 0.25) is 0 Å². The Morgan fingerprint density at radius 2 is 2.00 bits per heavy atom. The molecule has 1 amide bonds. The number of rotatable bonds is 11. The van der Waals surface area contributed by atoms with Crippen LogP contribution in [0.4, 0.5) is 9.18 Å². The van der Waals surface area contributed by atoms with Gasteiger partial charge in [0.1, 0.15) is 6.61 Å². The second-order valence-electron chi connectivity index (χ2n) is 10.4. The summed E-state index contributed by atoms with van der Waals surface area (Å²) in [6.07, 6.45) is 9.58. The zero-order valence-electron chi connectivity index (χ0n) is 21.1. The Morgan fingerprint density at radius 3 is 2.74 bits per heavy atom. The van der Waals surface area contributed by atoms with Gasteiger partial charge in [-0.05, 0) is 50.5 Å². The molecular formula is C27H43FN2O5. The maximum absolute atomic E-state index is 14.9. The Labute approximate surface area is 208 Å². The van der Waals surface area contributed by atoms with Crippen molar-refractivity contribution in [2.45, 2.75) is 82.3 Å². The lowest BCUT2D eigenvalue weighted by molar-refractivity contribution is -0.0627. The van der Waals surface area contributed by atoms with E-state index in [-0.39, 0.29) is 24.8 Å². The minimum Gasteiger partial charge on any atom is -0.505 e. The van der Waals surface area contributed by atoms with Gasteiger partial charge in [-0.2, -0.15) is 0 Å². The number of benzene rings is 1. The third kappa shape index (κ3) is 7.54. The van der Waals surface area contributed by atoms with E-state index in [2.05, 4.69) is 0 Å². The van der Waals surface area contributed by atoms with Crippen molar-refractivity contribution < 1.29 is 28.9 Å². The second kappa shape index (κ2) is 13.4. The highest BCUT2D eigenvalue weighted by molar-refractivity contribution is 5.67. The molecule has 1 saturated heterocycles. The van der Waals surface area contributed by atoms with Crippen LogP contribution < -0.4 is 5.73 Å².